The average Bonchev–Trinajstić information content (AvgIpc) is 2.76. The Morgan fingerprint density at radius 3 is 2.60 bits per heavy atom. The highest BCUT2D eigenvalue weighted by Gasteiger charge is 2.07. The third kappa shape index (κ3) is 6.27. The monoisotopic (exact) mass is 399 g/mol. The van der Waals surface area contributed by atoms with Crippen LogP contribution in [0.4, 0.5) is 0 Å². The Labute approximate surface area is 175 Å². The van der Waals surface area contributed by atoms with Gasteiger partial charge < -0.3 is 9.84 Å². The first-order valence-electron chi connectivity index (χ1n) is 9.44. The average molecular weight is 399 g/mol. The molecule has 1 N–H and O–H groups in total. The molecule has 30 heavy (non-hydrogen) atoms. The second-order valence-corrected chi connectivity index (χ2v) is 6.49. The molecule has 0 amide bonds. The highest BCUT2D eigenvalue weighted by molar-refractivity contribution is 6.07. The lowest BCUT2D eigenvalue weighted by atomic mass is 10.0. The van der Waals surface area contributed by atoms with Crippen LogP contribution in [-0.2, 0) is 11.2 Å². The molecule has 0 spiro atoms. The second-order valence-electron chi connectivity index (χ2n) is 6.49. The molecule has 3 rings (SSSR count). The van der Waals surface area contributed by atoms with Gasteiger partial charge in [-0.1, -0.05) is 54.6 Å². The Bertz CT molecular complexity index is 1070. The molecule has 0 aliphatic rings. The van der Waals surface area contributed by atoms with E-state index in [4.69, 9.17) is 9.84 Å². The maximum Gasteiger partial charge on any atom is 0.307 e. The van der Waals surface area contributed by atoms with Crippen molar-refractivity contribution < 1.29 is 19.4 Å². The molecule has 0 saturated carbocycles. The molecule has 1 heterocycles. The summed E-state index contributed by atoms with van der Waals surface area (Å²) in [7, 11) is 0. The minimum atomic E-state index is -0.936. The van der Waals surface area contributed by atoms with Crippen molar-refractivity contribution in [3.05, 3.63) is 107 Å². The van der Waals surface area contributed by atoms with Gasteiger partial charge in [0.05, 0.1) is 6.42 Å². The van der Waals surface area contributed by atoms with Crippen molar-refractivity contribution in [1.82, 2.24) is 4.98 Å². The van der Waals surface area contributed by atoms with Gasteiger partial charge in [-0.25, -0.2) is 4.98 Å². The molecular weight excluding hydrogens is 378 g/mol. The zero-order valence-corrected chi connectivity index (χ0v) is 16.3. The van der Waals surface area contributed by atoms with Crippen molar-refractivity contribution in [3.8, 4) is 5.88 Å². The van der Waals surface area contributed by atoms with Gasteiger partial charge in [0.15, 0.2) is 5.78 Å². The first-order valence-corrected chi connectivity index (χ1v) is 9.44. The zero-order valence-electron chi connectivity index (χ0n) is 16.3. The lowest BCUT2D eigenvalue weighted by Crippen LogP contribution is -2.02. The van der Waals surface area contributed by atoms with E-state index in [9.17, 15) is 9.59 Å². The number of carboxylic acid groups (broad SMARTS) is 1. The van der Waals surface area contributed by atoms with Gasteiger partial charge >= 0.3 is 5.97 Å². The molecule has 0 atom stereocenters. The van der Waals surface area contributed by atoms with Gasteiger partial charge in [0, 0.05) is 17.3 Å². The smallest absolute Gasteiger partial charge is 0.307 e. The van der Waals surface area contributed by atoms with E-state index in [0.717, 1.165) is 5.56 Å². The van der Waals surface area contributed by atoms with Gasteiger partial charge in [0.1, 0.15) is 6.61 Å². The number of carbonyl (C=O) groups is 2. The summed E-state index contributed by atoms with van der Waals surface area (Å²) in [5.41, 5.74) is 2.78. The number of carboxylic acids is 1. The van der Waals surface area contributed by atoms with E-state index < -0.39 is 5.97 Å². The summed E-state index contributed by atoms with van der Waals surface area (Å²) in [4.78, 5) is 27.6. The second kappa shape index (κ2) is 10.5. The van der Waals surface area contributed by atoms with E-state index in [0.29, 0.717) is 29.2 Å². The summed E-state index contributed by atoms with van der Waals surface area (Å²) in [5.74, 6) is -0.728. The van der Waals surface area contributed by atoms with Crippen molar-refractivity contribution in [1.29, 1.82) is 0 Å². The largest absolute Gasteiger partial charge is 0.481 e. The fourth-order valence-corrected chi connectivity index (χ4v) is 2.80. The predicted molar refractivity (Wildman–Crippen MR) is 116 cm³/mol. The standard InChI is InChI=1S/C25H21NO4/c27-23(22-11-4-9-20(17-22)18-24(28)29)14-13-21-12-5-15-26-25(21)30-16-6-10-19-7-2-1-3-8-19/h1-15,17H,16,18H2,(H,28,29). The molecule has 3 aromatic rings. The number of hydrogen-bond acceptors (Lipinski definition) is 4. The van der Waals surface area contributed by atoms with E-state index in [1.165, 1.54) is 6.08 Å². The molecular formula is C25H21NO4. The summed E-state index contributed by atoms with van der Waals surface area (Å²) >= 11 is 0. The maximum absolute atomic E-state index is 12.5. The van der Waals surface area contributed by atoms with Gasteiger partial charge in [-0.05, 0) is 47.6 Å². The molecule has 0 radical (unpaired) electrons. The molecule has 150 valence electrons. The highest BCUT2D eigenvalue weighted by atomic mass is 16.5. The molecule has 0 aliphatic carbocycles. The minimum Gasteiger partial charge on any atom is -0.481 e. The molecule has 0 bridgehead atoms. The molecule has 5 heteroatoms. The first kappa shape index (κ1) is 20.7. The van der Waals surface area contributed by atoms with Gasteiger partial charge in [0.2, 0.25) is 5.88 Å². The van der Waals surface area contributed by atoms with Crippen LogP contribution in [0, 0.1) is 0 Å². The molecule has 0 aliphatic heterocycles. The van der Waals surface area contributed by atoms with Crippen LogP contribution in [0.2, 0.25) is 0 Å². The number of nitrogens with zero attached hydrogens (tertiary/aromatic N) is 1. The Kier molecular flexibility index (Phi) is 7.28. The van der Waals surface area contributed by atoms with Crippen LogP contribution in [0.3, 0.4) is 0 Å². The maximum atomic E-state index is 12.5. The number of rotatable bonds is 9. The fourth-order valence-electron chi connectivity index (χ4n) is 2.80. The van der Waals surface area contributed by atoms with Crippen LogP contribution >= 0.6 is 0 Å². The normalized spacial score (nSPS) is 11.1. The van der Waals surface area contributed by atoms with E-state index in [1.54, 1.807) is 42.6 Å². The number of benzene rings is 2. The Balaban J connectivity index is 1.65. The van der Waals surface area contributed by atoms with Crippen LogP contribution in [0.5, 0.6) is 5.88 Å². The number of ether oxygens (including phenoxy) is 1. The quantitative estimate of drug-likeness (QED) is 0.417. The number of carbonyl (C=O) groups excluding carboxylic acids is 1. The number of allylic oxidation sites excluding steroid dienone is 1. The van der Waals surface area contributed by atoms with Crippen molar-refractivity contribution in [2.75, 3.05) is 6.61 Å². The van der Waals surface area contributed by atoms with E-state index in [-0.39, 0.29) is 12.2 Å². The Hall–Kier alpha value is -3.99. The Morgan fingerprint density at radius 1 is 0.967 bits per heavy atom. The summed E-state index contributed by atoms with van der Waals surface area (Å²) in [5, 5.41) is 8.91. The third-order valence-corrected chi connectivity index (χ3v) is 4.21. The highest BCUT2D eigenvalue weighted by Crippen LogP contribution is 2.17. The van der Waals surface area contributed by atoms with Crippen LogP contribution in [-0.4, -0.2) is 28.4 Å². The van der Waals surface area contributed by atoms with Crippen molar-refractivity contribution in [2.45, 2.75) is 6.42 Å². The van der Waals surface area contributed by atoms with E-state index in [2.05, 4.69) is 4.98 Å². The molecule has 0 saturated heterocycles. The van der Waals surface area contributed by atoms with Crippen LogP contribution < -0.4 is 4.74 Å². The number of ketones is 1. The number of pyridine rings is 1. The summed E-state index contributed by atoms with van der Waals surface area (Å²) in [6.45, 7) is 0.345. The van der Waals surface area contributed by atoms with Crippen molar-refractivity contribution in [3.63, 3.8) is 0 Å². The van der Waals surface area contributed by atoms with Gasteiger partial charge in [-0.2, -0.15) is 0 Å². The Morgan fingerprint density at radius 2 is 1.80 bits per heavy atom. The minimum absolute atomic E-state index is 0.123. The van der Waals surface area contributed by atoms with Gasteiger partial charge in [-0.3, -0.25) is 9.59 Å². The summed E-state index contributed by atoms with van der Waals surface area (Å²) < 4.78 is 5.73. The molecule has 5 nitrogen and oxygen atoms in total. The van der Waals surface area contributed by atoms with Crippen molar-refractivity contribution >= 4 is 23.9 Å². The van der Waals surface area contributed by atoms with Crippen LogP contribution in [0.1, 0.15) is 27.0 Å². The summed E-state index contributed by atoms with van der Waals surface area (Å²) in [6, 6.07) is 20.1. The zero-order chi connectivity index (χ0) is 21.2. The summed E-state index contributed by atoms with van der Waals surface area (Å²) in [6.07, 6.45) is 8.45. The van der Waals surface area contributed by atoms with E-state index >= 15 is 0 Å². The first-order chi connectivity index (χ1) is 14.6. The molecule has 1 aromatic heterocycles. The van der Waals surface area contributed by atoms with E-state index in [1.807, 2.05) is 48.6 Å². The third-order valence-electron chi connectivity index (χ3n) is 4.21. The number of hydrogen-bond donors (Lipinski definition) is 1. The molecule has 0 unspecified atom stereocenters. The number of aliphatic carboxylic acids is 1. The molecule has 2 aromatic carbocycles. The fraction of sp³-hybridized carbons (Fsp3) is 0.0800. The molecule has 0 fully saturated rings. The van der Waals surface area contributed by atoms with Crippen LogP contribution in [0.15, 0.2) is 85.1 Å². The van der Waals surface area contributed by atoms with Gasteiger partial charge in [-0.15, -0.1) is 0 Å². The van der Waals surface area contributed by atoms with Crippen molar-refractivity contribution in [2.24, 2.45) is 0 Å². The SMILES string of the molecule is O=C(O)Cc1cccc(C(=O)C=Cc2cccnc2OCC=Cc2ccccc2)c1. The number of aromatic nitrogens is 1. The topological polar surface area (TPSA) is 76.5 Å². The predicted octanol–water partition coefficient (Wildman–Crippen LogP) is 4.70. The lowest BCUT2D eigenvalue weighted by Gasteiger charge is -2.05. The lowest BCUT2D eigenvalue weighted by molar-refractivity contribution is -0.136. The van der Waals surface area contributed by atoms with Crippen LogP contribution in [0.25, 0.3) is 12.2 Å². The van der Waals surface area contributed by atoms with Gasteiger partial charge in [0.25, 0.3) is 0 Å².